The molecule has 112 valence electrons. The molecule has 0 spiro atoms. The Hall–Kier alpha value is -1.40. The van der Waals surface area contributed by atoms with Crippen LogP contribution in [-0.4, -0.2) is 24.5 Å². The second kappa shape index (κ2) is 7.40. The molecule has 0 aliphatic heterocycles. The molecule has 1 aromatic heterocycles. The third kappa shape index (κ3) is 3.58. The van der Waals surface area contributed by atoms with Crippen LogP contribution < -0.4 is 11.1 Å². The topological polar surface area (TPSA) is 81.4 Å². The highest BCUT2D eigenvalue weighted by Gasteiger charge is 2.24. The number of carbonyl (C=O) groups is 2. The Labute approximate surface area is 123 Å². The molecule has 0 saturated heterocycles. The number of ether oxygens (including phenoxy) is 1. The fourth-order valence-electron chi connectivity index (χ4n) is 1.90. The Morgan fingerprint density at radius 3 is 2.50 bits per heavy atom. The van der Waals surface area contributed by atoms with Crippen molar-refractivity contribution in [3.05, 3.63) is 16.0 Å². The average molecular weight is 298 g/mol. The predicted molar refractivity (Wildman–Crippen MR) is 81.3 cm³/mol. The molecule has 1 atom stereocenters. The molecule has 5 nitrogen and oxygen atoms in total. The highest BCUT2D eigenvalue weighted by molar-refractivity contribution is 7.16. The van der Waals surface area contributed by atoms with Crippen LogP contribution in [0.5, 0.6) is 0 Å². The molecule has 3 N–H and O–H groups in total. The highest BCUT2D eigenvalue weighted by atomic mass is 32.1. The number of carbonyl (C=O) groups excluding carboxylic acids is 2. The molecule has 0 fully saturated rings. The Balaban J connectivity index is 3.12. The molecule has 0 bridgehead atoms. The van der Waals surface area contributed by atoms with Crippen LogP contribution in [0.4, 0.5) is 5.00 Å². The van der Waals surface area contributed by atoms with Crippen LogP contribution >= 0.6 is 11.3 Å². The summed E-state index contributed by atoms with van der Waals surface area (Å²) < 4.78 is 5.08. The maximum Gasteiger partial charge on any atom is 0.341 e. The lowest BCUT2D eigenvalue weighted by Gasteiger charge is -2.10. The Kier molecular flexibility index (Phi) is 6.16. The van der Waals surface area contributed by atoms with Gasteiger partial charge in [-0.25, -0.2) is 4.79 Å². The van der Waals surface area contributed by atoms with E-state index in [-0.39, 0.29) is 5.91 Å². The van der Waals surface area contributed by atoms with Gasteiger partial charge in [-0.3, -0.25) is 4.79 Å². The second-order valence-electron chi connectivity index (χ2n) is 4.42. The van der Waals surface area contributed by atoms with Crippen molar-refractivity contribution in [2.75, 3.05) is 11.9 Å². The summed E-state index contributed by atoms with van der Waals surface area (Å²) in [5.74, 6) is -0.670. The zero-order valence-corrected chi connectivity index (χ0v) is 13.2. The van der Waals surface area contributed by atoms with Crippen molar-refractivity contribution in [3.63, 3.8) is 0 Å². The van der Waals surface area contributed by atoms with Gasteiger partial charge in [0.25, 0.3) is 0 Å². The van der Waals surface area contributed by atoms with Crippen LogP contribution in [0.2, 0.25) is 0 Å². The van der Waals surface area contributed by atoms with E-state index in [2.05, 4.69) is 5.32 Å². The Morgan fingerprint density at radius 2 is 2.00 bits per heavy atom. The van der Waals surface area contributed by atoms with E-state index < -0.39 is 12.0 Å². The average Bonchev–Trinajstić information content (AvgIpc) is 2.73. The minimum Gasteiger partial charge on any atom is -0.462 e. The maximum atomic E-state index is 12.1. The Morgan fingerprint density at radius 1 is 1.35 bits per heavy atom. The first-order chi connectivity index (χ1) is 9.46. The number of hydrogen-bond acceptors (Lipinski definition) is 5. The standard InChI is InChI=1S/C14H22N2O3S/c1-5-9-8(4)20-13(11(9)14(18)19-7-3)16-12(17)10(15)6-2/h10H,5-7,15H2,1-4H3,(H,16,17)/t10-/m1/s1. The molecule has 0 aromatic carbocycles. The van der Waals surface area contributed by atoms with Gasteiger partial charge in [0.15, 0.2) is 0 Å². The molecule has 0 saturated carbocycles. The Bertz CT molecular complexity index is 497. The summed E-state index contributed by atoms with van der Waals surface area (Å²) in [5.41, 5.74) is 7.09. The summed E-state index contributed by atoms with van der Waals surface area (Å²) in [6.07, 6.45) is 1.26. The first kappa shape index (κ1) is 16.7. The quantitative estimate of drug-likeness (QED) is 0.790. The van der Waals surface area contributed by atoms with Crippen LogP contribution in [0.3, 0.4) is 0 Å². The minimum atomic E-state index is -0.572. The van der Waals surface area contributed by atoms with Crippen LogP contribution in [0, 0.1) is 6.92 Å². The van der Waals surface area contributed by atoms with Gasteiger partial charge in [0.2, 0.25) is 5.91 Å². The molecule has 1 rings (SSSR count). The number of thiophene rings is 1. The third-order valence-electron chi connectivity index (χ3n) is 3.06. The summed E-state index contributed by atoms with van der Waals surface area (Å²) in [4.78, 5) is 25.0. The van der Waals surface area contributed by atoms with Gasteiger partial charge in [0, 0.05) is 4.88 Å². The molecule has 0 aliphatic rings. The van der Waals surface area contributed by atoms with Crippen LogP contribution in [0.1, 0.15) is 48.0 Å². The first-order valence-electron chi connectivity index (χ1n) is 6.81. The smallest absolute Gasteiger partial charge is 0.341 e. The monoisotopic (exact) mass is 298 g/mol. The lowest BCUT2D eigenvalue weighted by Crippen LogP contribution is -2.35. The SMILES string of the molecule is CCOC(=O)c1c(NC(=O)[C@H](N)CC)sc(C)c1CC. The number of nitrogens with one attached hydrogen (secondary N) is 1. The van der Waals surface area contributed by atoms with Crippen molar-refractivity contribution in [1.29, 1.82) is 0 Å². The van der Waals surface area contributed by atoms with Gasteiger partial charge in [0.05, 0.1) is 18.2 Å². The summed E-state index contributed by atoms with van der Waals surface area (Å²) in [7, 11) is 0. The minimum absolute atomic E-state index is 0.276. The number of hydrogen-bond donors (Lipinski definition) is 2. The van der Waals surface area contributed by atoms with Crippen molar-refractivity contribution in [1.82, 2.24) is 0 Å². The summed E-state index contributed by atoms with van der Waals surface area (Å²) in [6, 6.07) is -0.572. The van der Waals surface area contributed by atoms with E-state index >= 15 is 0 Å². The van der Waals surface area contributed by atoms with Crippen LogP contribution in [0.25, 0.3) is 0 Å². The van der Waals surface area contributed by atoms with E-state index in [4.69, 9.17) is 10.5 Å². The lowest BCUT2D eigenvalue weighted by atomic mass is 10.1. The molecule has 20 heavy (non-hydrogen) atoms. The number of rotatable bonds is 6. The van der Waals surface area contributed by atoms with E-state index in [0.717, 1.165) is 10.4 Å². The molecule has 0 radical (unpaired) electrons. The zero-order chi connectivity index (χ0) is 15.3. The first-order valence-corrected chi connectivity index (χ1v) is 7.63. The molecule has 1 aromatic rings. The summed E-state index contributed by atoms with van der Waals surface area (Å²) in [6.45, 7) is 7.81. The molecule has 6 heteroatoms. The van der Waals surface area contributed by atoms with Gasteiger partial charge < -0.3 is 15.8 Å². The van der Waals surface area contributed by atoms with Crippen molar-refractivity contribution < 1.29 is 14.3 Å². The highest BCUT2D eigenvalue weighted by Crippen LogP contribution is 2.34. The van der Waals surface area contributed by atoms with Crippen molar-refractivity contribution in [3.8, 4) is 0 Å². The van der Waals surface area contributed by atoms with E-state index in [1.165, 1.54) is 11.3 Å². The van der Waals surface area contributed by atoms with Gasteiger partial charge in [-0.15, -0.1) is 11.3 Å². The van der Waals surface area contributed by atoms with E-state index in [1.54, 1.807) is 6.92 Å². The number of nitrogens with two attached hydrogens (primary N) is 1. The molecule has 1 heterocycles. The van der Waals surface area contributed by atoms with Gasteiger partial charge in [-0.05, 0) is 32.3 Å². The van der Waals surface area contributed by atoms with Crippen molar-refractivity contribution >= 4 is 28.2 Å². The fourth-order valence-corrected chi connectivity index (χ4v) is 3.04. The molecule has 0 unspecified atom stereocenters. The van der Waals surface area contributed by atoms with E-state index in [0.29, 0.717) is 30.0 Å². The fraction of sp³-hybridized carbons (Fsp3) is 0.571. The summed E-state index contributed by atoms with van der Waals surface area (Å²) >= 11 is 1.39. The van der Waals surface area contributed by atoms with Crippen molar-refractivity contribution in [2.24, 2.45) is 5.73 Å². The zero-order valence-electron chi connectivity index (χ0n) is 12.4. The largest absolute Gasteiger partial charge is 0.462 e. The van der Waals surface area contributed by atoms with Gasteiger partial charge >= 0.3 is 5.97 Å². The summed E-state index contributed by atoms with van der Waals surface area (Å²) in [5, 5.41) is 3.28. The third-order valence-corrected chi connectivity index (χ3v) is 4.12. The normalized spacial score (nSPS) is 12.1. The predicted octanol–water partition coefficient (Wildman–Crippen LogP) is 2.47. The van der Waals surface area contributed by atoms with Gasteiger partial charge in [0.1, 0.15) is 5.00 Å². The lowest BCUT2D eigenvalue weighted by molar-refractivity contribution is -0.117. The van der Waals surface area contributed by atoms with Crippen LogP contribution in [-0.2, 0) is 16.0 Å². The molecular weight excluding hydrogens is 276 g/mol. The van der Waals surface area contributed by atoms with Gasteiger partial charge in [-0.1, -0.05) is 13.8 Å². The number of anilines is 1. The number of amides is 1. The van der Waals surface area contributed by atoms with E-state index in [1.807, 2.05) is 20.8 Å². The number of aryl methyl sites for hydroxylation is 1. The van der Waals surface area contributed by atoms with E-state index in [9.17, 15) is 9.59 Å². The van der Waals surface area contributed by atoms with Crippen molar-refractivity contribution in [2.45, 2.75) is 46.6 Å². The molecule has 0 aliphatic carbocycles. The molecular formula is C14H22N2O3S. The maximum absolute atomic E-state index is 12.1. The van der Waals surface area contributed by atoms with Crippen LogP contribution in [0.15, 0.2) is 0 Å². The number of esters is 1. The molecule has 1 amide bonds. The second-order valence-corrected chi connectivity index (χ2v) is 5.64. The van der Waals surface area contributed by atoms with Gasteiger partial charge in [-0.2, -0.15) is 0 Å².